The summed E-state index contributed by atoms with van der Waals surface area (Å²) in [6.07, 6.45) is -4.55. The Bertz CT molecular complexity index is 290. The second-order valence-corrected chi connectivity index (χ2v) is 4.65. The summed E-state index contributed by atoms with van der Waals surface area (Å²) in [5.41, 5.74) is 0. The van der Waals surface area contributed by atoms with Gasteiger partial charge in [0.2, 0.25) is 0 Å². The lowest BCUT2D eigenvalue weighted by Crippen LogP contribution is -2.50. The highest BCUT2D eigenvalue weighted by atomic mass is 19.4. The van der Waals surface area contributed by atoms with Crippen molar-refractivity contribution in [1.29, 1.82) is 5.26 Å². The lowest BCUT2D eigenvalue weighted by Gasteiger charge is -2.37. The van der Waals surface area contributed by atoms with Crippen molar-refractivity contribution in [2.75, 3.05) is 32.8 Å². The van der Waals surface area contributed by atoms with Gasteiger partial charge >= 0.3 is 6.18 Å². The van der Waals surface area contributed by atoms with Gasteiger partial charge < -0.3 is 10.4 Å². The third-order valence-corrected chi connectivity index (χ3v) is 2.97. The molecule has 2 atom stereocenters. The van der Waals surface area contributed by atoms with Crippen molar-refractivity contribution in [2.45, 2.75) is 25.1 Å². The van der Waals surface area contributed by atoms with Crippen LogP contribution in [-0.4, -0.2) is 55.0 Å². The van der Waals surface area contributed by atoms with Gasteiger partial charge in [-0.3, -0.25) is 4.90 Å². The van der Waals surface area contributed by atoms with E-state index in [-0.39, 0.29) is 19.2 Å². The largest absolute Gasteiger partial charge is 0.395 e. The second kappa shape index (κ2) is 6.92. The lowest BCUT2D eigenvalue weighted by molar-refractivity contribution is -0.148. The van der Waals surface area contributed by atoms with E-state index in [1.54, 1.807) is 4.90 Å². The van der Waals surface area contributed by atoms with Crippen LogP contribution in [-0.2, 0) is 0 Å². The van der Waals surface area contributed by atoms with Gasteiger partial charge in [0.25, 0.3) is 0 Å². The van der Waals surface area contributed by atoms with E-state index < -0.39 is 18.5 Å². The predicted molar refractivity (Wildman–Crippen MR) is 59.7 cm³/mol. The van der Waals surface area contributed by atoms with Crippen molar-refractivity contribution in [3.05, 3.63) is 0 Å². The third-order valence-electron chi connectivity index (χ3n) is 2.97. The Kier molecular flexibility index (Phi) is 5.85. The standard InChI is InChI=1S/C11H18F3N3O/c12-11(13,14)6-9-5-10(16-2-4-18)8-17(7-9)3-1-15/h9-10,16,18H,2-8H2. The van der Waals surface area contributed by atoms with Gasteiger partial charge in [0.05, 0.1) is 19.2 Å². The number of rotatable bonds is 5. The maximum Gasteiger partial charge on any atom is 0.389 e. The molecule has 1 rings (SSSR count). The molecular weight excluding hydrogens is 247 g/mol. The van der Waals surface area contributed by atoms with Crippen LogP contribution in [0, 0.1) is 17.2 Å². The van der Waals surface area contributed by atoms with Crippen LogP contribution >= 0.6 is 0 Å². The first kappa shape index (κ1) is 15.2. The quantitative estimate of drug-likeness (QED) is 0.720. The maximum atomic E-state index is 12.4. The van der Waals surface area contributed by atoms with Crippen LogP contribution in [0.5, 0.6) is 0 Å². The fourth-order valence-electron chi connectivity index (χ4n) is 2.42. The Morgan fingerprint density at radius 2 is 2.11 bits per heavy atom. The van der Waals surface area contributed by atoms with E-state index in [0.717, 1.165) is 0 Å². The van der Waals surface area contributed by atoms with Crippen LogP contribution in [0.1, 0.15) is 12.8 Å². The van der Waals surface area contributed by atoms with Crippen LogP contribution in [0.4, 0.5) is 13.2 Å². The number of nitrogens with one attached hydrogen (secondary N) is 1. The van der Waals surface area contributed by atoms with E-state index in [1.165, 1.54) is 0 Å². The van der Waals surface area contributed by atoms with Gasteiger partial charge in [-0.25, -0.2) is 0 Å². The highest BCUT2D eigenvalue weighted by molar-refractivity contribution is 4.88. The van der Waals surface area contributed by atoms with E-state index in [2.05, 4.69) is 5.32 Å². The summed E-state index contributed by atoms with van der Waals surface area (Å²) < 4.78 is 37.2. The summed E-state index contributed by atoms with van der Waals surface area (Å²) in [5, 5.41) is 20.3. The Morgan fingerprint density at radius 3 is 2.67 bits per heavy atom. The monoisotopic (exact) mass is 265 g/mol. The van der Waals surface area contributed by atoms with Crippen molar-refractivity contribution < 1.29 is 18.3 Å². The fourth-order valence-corrected chi connectivity index (χ4v) is 2.42. The number of aliphatic hydroxyl groups excluding tert-OH is 1. The van der Waals surface area contributed by atoms with Crippen molar-refractivity contribution in [2.24, 2.45) is 5.92 Å². The molecular formula is C11H18F3N3O. The minimum atomic E-state index is -4.16. The Balaban J connectivity index is 2.54. The van der Waals surface area contributed by atoms with Gasteiger partial charge in [-0.05, 0) is 12.3 Å². The molecule has 1 saturated heterocycles. The molecule has 0 aromatic carbocycles. The Labute approximate surface area is 104 Å². The van der Waals surface area contributed by atoms with Gasteiger partial charge in [-0.1, -0.05) is 0 Å². The van der Waals surface area contributed by atoms with E-state index in [4.69, 9.17) is 10.4 Å². The van der Waals surface area contributed by atoms with Gasteiger partial charge in [0.1, 0.15) is 0 Å². The molecule has 1 aliphatic rings. The highest BCUT2D eigenvalue weighted by Gasteiger charge is 2.36. The van der Waals surface area contributed by atoms with E-state index >= 15 is 0 Å². The van der Waals surface area contributed by atoms with Crippen LogP contribution in [0.25, 0.3) is 0 Å². The average Bonchev–Trinajstić information content (AvgIpc) is 2.24. The number of hydrogen-bond acceptors (Lipinski definition) is 4. The average molecular weight is 265 g/mol. The molecule has 0 spiro atoms. The molecule has 0 aromatic heterocycles. The van der Waals surface area contributed by atoms with Crippen molar-refractivity contribution in [3.63, 3.8) is 0 Å². The minimum Gasteiger partial charge on any atom is -0.395 e. The molecule has 18 heavy (non-hydrogen) atoms. The van der Waals surface area contributed by atoms with Crippen LogP contribution in [0.3, 0.4) is 0 Å². The van der Waals surface area contributed by atoms with Crippen LogP contribution in [0.15, 0.2) is 0 Å². The smallest absolute Gasteiger partial charge is 0.389 e. The summed E-state index contributed by atoms with van der Waals surface area (Å²) >= 11 is 0. The maximum absolute atomic E-state index is 12.4. The van der Waals surface area contributed by atoms with Crippen LogP contribution in [0.2, 0.25) is 0 Å². The predicted octanol–water partition coefficient (Wildman–Crippen LogP) is 0.735. The zero-order valence-electron chi connectivity index (χ0n) is 10.1. The molecule has 2 unspecified atom stereocenters. The molecule has 2 N–H and O–H groups in total. The first-order valence-electron chi connectivity index (χ1n) is 5.95. The molecule has 104 valence electrons. The molecule has 1 heterocycles. The van der Waals surface area contributed by atoms with Crippen molar-refractivity contribution in [1.82, 2.24) is 10.2 Å². The first-order valence-corrected chi connectivity index (χ1v) is 5.95. The minimum absolute atomic E-state index is 0.0430. The first-order chi connectivity index (χ1) is 8.44. The molecule has 0 aliphatic carbocycles. The molecule has 7 heteroatoms. The topological polar surface area (TPSA) is 59.3 Å². The van der Waals surface area contributed by atoms with Gasteiger partial charge in [0.15, 0.2) is 0 Å². The Morgan fingerprint density at radius 1 is 1.39 bits per heavy atom. The summed E-state index contributed by atoms with van der Waals surface area (Å²) in [7, 11) is 0. The zero-order chi connectivity index (χ0) is 13.6. The summed E-state index contributed by atoms with van der Waals surface area (Å²) in [5.74, 6) is -0.483. The van der Waals surface area contributed by atoms with Crippen molar-refractivity contribution >= 4 is 0 Å². The van der Waals surface area contributed by atoms with E-state index in [0.29, 0.717) is 26.1 Å². The van der Waals surface area contributed by atoms with Gasteiger partial charge in [0, 0.05) is 32.1 Å². The molecule has 0 aromatic rings. The number of nitrogens with zero attached hydrogens (tertiary/aromatic N) is 2. The van der Waals surface area contributed by atoms with Gasteiger partial charge in [-0.2, -0.15) is 18.4 Å². The molecule has 0 saturated carbocycles. The number of likely N-dealkylation sites (tertiary alicyclic amines) is 1. The second-order valence-electron chi connectivity index (χ2n) is 4.65. The zero-order valence-corrected chi connectivity index (χ0v) is 10.1. The number of alkyl halides is 3. The van der Waals surface area contributed by atoms with E-state index in [1.807, 2.05) is 6.07 Å². The third kappa shape index (κ3) is 5.67. The number of aliphatic hydroxyl groups is 1. The SMILES string of the molecule is N#CCN1CC(CC(F)(F)F)CC(NCCO)C1. The Hall–Kier alpha value is -0.840. The number of halogens is 3. The summed E-state index contributed by atoms with van der Waals surface area (Å²) in [6.45, 7) is 1.33. The molecule has 1 aliphatic heterocycles. The normalized spacial score (nSPS) is 25.9. The molecule has 0 bridgehead atoms. The lowest BCUT2D eigenvalue weighted by atomic mass is 9.91. The summed E-state index contributed by atoms with van der Waals surface area (Å²) in [6, 6.07) is 1.87. The number of piperidine rings is 1. The number of hydrogen-bond donors (Lipinski definition) is 2. The molecule has 4 nitrogen and oxygen atoms in total. The van der Waals surface area contributed by atoms with Crippen LogP contribution < -0.4 is 5.32 Å². The van der Waals surface area contributed by atoms with E-state index in [9.17, 15) is 13.2 Å². The van der Waals surface area contributed by atoms with Gasteiger partial charge in [-0.15, -0.1) is 0 Å². The number of nitriles is 1. The highest BCUT2D eigenvalue weighted by Crippen LogP contribution is 2.30. The fraction of sp³-hybridized carbons (Fsp3) is 0.909. The summed E-state index contributed by atoms with van der Waals surface area (Å²) in [4.78, 5) is 1.73. The molecule has 0 amide bonds. The molecule has 0 radical (unpaired) electrons. The van der Waals surface area contributed by atoms with Crippen molar-refractivity contribution in [3.8, 4) is 6.07 Å². The molecule has 1 fully saturated rings.